The summed E-state index contributed by atoms with van der Waals surface area (Å²) in [4.78, 5) is 24.1. The predicted octanol–water partition coefficient (Wildman–Crippen LogP) is 4.96. The number of halogens is 1. The van der Waals surface area contributed by atoms with Crippen LogP contribution >= 0.6 is 11.6 Å². The molecule has 1 saturated carbocycles. The van der Waals surface area contributed by atoms with Crippen LogP contribution in [0, 0.1) is 11.8 Å². The molecule has 0 spiro atoms. The largest absolute Gasteiger partial charge is 0.481 e. The molecule has 1 heterocycles. The lowest BCUT2D eigenvalue weighted by molar-refractivity contribution is -0.143. The number of carboxylic acid groups (broad SMARTS) is 1. The summed E-state index contributed by atoms with van der Waals surface area (Å²) in [6.07, 6.45) is 5.07. The van der Waals surface area contributed by atoms with E-state index in [9.17, 15) is 9.59 Å². The van der Waals surface area contributed by atoms with Crippen LogP contribution < -0.4 is 5.32 Å². The number of para-hydroxylation sites is 1. The highest BCUT2D eigenvalue weighted by Crippen LogP contribution is 2.29. The minimum absolute atomic E-state index is 0.0861. The van der Waals surface area contributed by atoms with Gasteiger partial charge in [-0.1, -0.05) is 35.9 Å². The molecule has 2 N–H and O–H groups in total. The SMILES string of the molecule is O=C(NC[C@H]1CC[C@H](C(=O)O)CC1)c1cccc2ccn(Cc3ccc(Cl)cc3)c12. The smallest absolute Gasteiger partial charge is 0.306 e. The topological polar surface area (TPSA) is 71.3 Å². The quantitative estimate of drug-likeness (QED) is 0.587. The molecular weight excluding hydrogens is 400 g/mol. The first-order valence-electron chi connectivity index (χ1n) is 10.3. The Balaban J connectivity index is 1.47. The lowest BCUT2D eigenvalue weighted by Crippen LogP contribution is -2.32. The number of aliphatic carboxylic acids is 1. The van der Waals surface area contributed by atoms with E-state index < -0.39 is 5.97 Å². The highest BCUT2D eigenvalue weighted by molar-refractivity contribution is 6.30. The molecule has 1 fully saturated rings. The first-order chi connectivity index (χ1) is 14.5. The number of nitrogens with zero attached hydrogens (tertiary/aromatic N) is 1. The average Bonchev–Trinajstić information content (AvgIpc) is 3.17. The zero-order valence-electron chi connectivity index (χ0n) is 16.7. The molecule has 0 unspecified atom stereocenters. The maximum Gasteiger partial charge on any atom is 0.306 e. The zero-order chi connectivity index (χ0) is 21.1. The zero-order valence-corrected chi connectivity index (χ0v) is 17.4. The number of hydrogen-bond acceptors (Lipinski definition) is 2. The van der Waals surface area contributed by atoms with Gasteiger partial charge in [0.15, 0.2) is 0 Å². The molecule has 6 heteroatoms. The van der Waals surface area contributed by atoms with Crippen molar-refractivity contribution in [2.75, 3.05) is 6.54 Å². The predicted molar refractivity (Wildman–Crippen MR) is 118 cm³/mol. The Kier molecular flexibility index (Phi) is 6.09. The monoisotopic (exact) mass is 424 g/mol. The number of rotatable bonds is 6. The lowest BCUT2D eigenvalue weighted by Gasteiger charge is -2.26. The molecule has 0 aliphatic heterocycles. The Morgan fingerprint density at radius 3 is 2.47 bits per heavy atom. The van der Waals surface area contributed by atoms with Gasteiger partial charge in [-0.15, -0.1) is 0 Å². The summed E-state index contributed by atoms with van der Waals surface area (Å²) in [7, 11) is 0. The Labute approximate surface area is 180 Å². The standard InChI is InChI=1S/C24H25ClN2O3/c25-20-10-6-17(7-11-20)15-27-13-12-18-2-1-3-21(22(18)27)23(28)26-14-16-4-8-19(9-5-16)24(29)30/h1-3,6-7,10-13,16,19H,4-5,8-9,14-15H2,(H,26,28)(H,29,30)/t16-,19-. The number of amides is 1. The molecule has 0 bridgehead atoms. The molecule has 1 amide bonds. The molecule has 0 radical (unpaired) electrons. The van der Waals surface area contributed by atoms with E-state index in [1.807, 2.05) is 54.7 Å². The van der Waals surface area contributed by atoms with Crippen molar-refractivity contribution in [3.8, 4) is 0 Å². The van der Waals surface area contributed by atoms with E-state index in [-0.39, 0.29) is 11.8 Å². The third-order valence-corrected chi connectivity index (χ3v) is 6.30. The maximum atomic E-state index is 13.0. The van der Waals surface area contributed by atoms with E-state index in [4.69, 9.17) is 16.7 Å². The molecule has 5 nitrogen and oxygen atoms in total. The van der Waals surface area contributed by atoms with Gasteiger partial charge in [0.2, 0.25) is 0 Å². The van der Waals surface area contributed by atoms with Gasteiger partial charge in [0, 0.05) is 29.7 Å². The van der Waals surface area contributed by atoms with Crippen molar-refractivity contribution in [1.82, 2.24) is 9.88 Å². The van der Waals surface area contributed by atoms with Crippen molar-refractivity contribution in [2.45, 2.75) is 32.2 Å². The Bertz CT molecular complexity index is 1050. The van der Waals surface area contributed by atoms with Crippen molar-refractivity contribution in [1.29, 1.82) is 0 Å². The first-order valence-corrected chi connectivity index (χ1v) is 10.7. The van der Waals surface area contributed by atoms with E-state index in [0.29, 0.717) is 42.4 Å². The van der Waals surface area contributed by atoms with Crippen LogP contribution in [-0.4, -0.2) is 28.1 Å². The van der Waals surface area contributed by atoms with Crippen molar-refractivity contribution < 1.29 is 14.7 Å². The number of carbonyl (C=O) groups excluding carboxylic acids is 1. The van der Waals surface area contributed by atoms with Gasteiger partial charge < -0.3 is 15.0 Å². The summed E-state index contributed by atoms with van der Waals surface area (Å²) in [5.41, 5.74) is 2.69. The molecular formula is C24H25ClN2O3. The van der Waals surface area contributed by atoms with Gasteiger partial charge in [-0.3, -0.25) is 9.59 Å². The fourth-order valence-electron chi connectivity index (χ4n) is 4.31. The summed E-state index contributed by atoms with van der Waals surface area (Å²) in [5, 5.41) is 13.9. The van der Waals surface area contributed by atoms with E-state index >= 15 is 0 Å². The molecule has 3 aromatic rings. The van der Waals surface area contributed by atoms with Crippen LogP contribution in [0.4, 0.5) is 0 Å². The van der Waals surface area contributed by atoms with Crippen LogP contribution in [0.2, 0.25) is 5.02 Å². The summed E-state index contributed by atoms with van der Waals surface area (Å²) >= 11 is 5.99. The summed E-state index contributed by atoms with van der Waals surface area (Å²) < 4.78 is 2.09. The molecule has 0 saturated heterocycles. The van der Waals surface area contributed by atoms with Crippen molar-refractivity contribution in [3.05, 3.63) is 70.9 Å². The van der Waals surface area contributed by atoms with Gasteiger partial charge >= 0.3 is 5.97 Å². The molecule has 1 aliphatic rings. The number of nitrogens with one attached hydrogen (secondary N) is 1. The van der Waals surface area contributed by atoms with E-state index in [0.717, 1.165) is 29.3 Å². The summed E-state index contributed by atoms with van der Waals surface area (Å²) in [6, 6.07) is 15.5. The van der Waals surface area contributed by atoms with Crippen LogP contribution in [0.1, 0.15) is 41.6 Å². The third kappa shape index (κ3) is 4.51. The van der Waals surface area contributed by atoms with Gasteiger partial charge in [0.1, 0.15) is 0 Å². The molecule has 30 heavy (non-hydrogen) atoms. The molecule has 1 aromatic heterocycles. The number of carbonyl (C=O) groups is 2. The first kappa shape index (κ1) is 20.5. The Hall–Kier alpha value is -2.79. The average molecular weight is 425 g/mol. The Morgan fingerprint density at radius 1 is 1.03 bits per heavy atom. The molecule has 4 rings (SSSR count). The fourth-order valence-corrected chi connectivity index (χ4v) is 4.43. The maximum absolute atomic E-state index is 13.0. The van der Waals surface area contributed by atoms with Crippen LogP contribution in [0.3, 0.4) is 0 Å². The van der Waals surface area contributed by atoms with Crippen LogP contribution in [0.15, 0.2) is 54.7 Å². The number of fused-ring (bicyclic) bond motifs is 1. The van der Waals surface area contributed by atoms with Crippen LogP contribution in [0.25, 0.3) is 10.9 Å². The van der Waals surface area contributed by atoms with Gasteiger partial charge in [0.25, 0.3) is 5.91 Å². The number of carboxylic acids is 1. The van der Waals surface area contributed by atoms with Gasteiger partial charge in [0.05, 0.1) is 17.0 Å². The number of hydrogen-bond donors (Lipinski definition) is 2. The second-order valence-corrected chi connectivity index (χ2v) is 8.52. The third-order valence-electron chi connectivity index (χ3n) is 6.05. The number of aromatic nitrogens is 1. The lowest BCUT2D eigenvalue weighted by atomic mass is 9.82. The van der Waals surface area contributed by atoms with E-state index in [2.05, 4.69) is 9.88 Å². The normalized spacial score (nSPS) is 19.0. The molecule has 156 valence electrons. The minimum Gasteiger partial charge on any atom is -0.481 e. The van der Waals surface area contributed by atoms with Gasteiger partial charge in [-0.2, -0.15) is 0 Å². The van der Waals surface area contributed by atoms with E-state index in [1.165, 1.54) is 0 Å². The molecule has 0 atom stereocenters. The molecule has 1 aliphatic carbocycles. The molecule has 2 aromatic carbocycles. The highest BCUT2D eigenvalue weighted by atomic mass is 35.5. The van der Waals surface area contributed by atoms with Crippen molar-refractivity contribution in [2.24, 2.45) is 11.8 Å². The van der Waals surface area contributed by atoms with E-state index in [1.54, 1.807) is 0 Å². The summed E-state index contributed by atoms with van der Waals surface area (Å²) in [6.45, 7) is 1.24. The highest BCUT2D eigenvalue weighted by Gasteiger charge is 2.26. The van der Waals surface area contributed by atoms with Gasteiger partial charge in [-0.25, -0.2) is 0 Å². The van der Waals surface area contributed by atoms with Crippen LogP contribution in [0.5, 0.6) is 0 Å². The minimum atomic E-state index is -0.703. The second kappa shape index (κ2) is 8.92. The van der Waals surface area contributed by atoms with Crippen molar-refractivity contribution in [3.63, 3.8) is 0 Å². The van der Waals surface area contributed by atoms with Crippen LogP contribution in [-0.2, 0) is 11.3 Å². The summed E-state index contributed by atoms with van der Waals surface area (Å²) in [5.74, 6) is -0.686. The second-order valence-electron chi connectivity index (χ2n) is 8.08. The fraction of sp³-hybridized carbons (Fsp3) is 0.333. The number of benzene rings is 2. The van der Waals surface area contributed by atoms with Crippen molar-refractivity contribution >= 4 is 34.4 Å². The Morgan fingerprint density at radius 2 is 1.77 bits per heavy atom. The van der Waals surface area contributed by atoms with Gasteiger partial charge in [-0.05, 0) is 61.4 Å².